The van der Waals surface area contributed by atoms with E-state index in [0.717, 1.165) is 11.1 Å². The van der Waals surface area contributed by atoms with Gasteiger partial charge in [-0.05, 0) is 48.4 Å². The maximum Gasteiger partial charge on any atom is 0.227 e. The van der Waals surface area contributed by atoms with Gasteiger partial charge in [-0.3, -0.25) is 9.78 Å². The minimum Gasteiger partial charge on any atom is -0.344 e. The molecule has 0 bridgehead atoms. The molecule has 4 aromatic rings. The minimum atomic E-state index is 0.0155. The second kappa shape index (κ2) is 6.88. The Bertz CT molecular complexity index is 1110. The Morgan fingerprint density at radius 2 is 1.74 bits per heavy atom. The van der Waals surface area contributed by atoms with Crippen LogP contribution in [-0.2, 0) is 18.3 Å². The third-order valence-electron chi connectivity index (χ3n) is 5.50. The van der Waals surface area contributed by atoms with Crippen molar-refractivity contribution in [2.75, 3.05) is 7.05 Å². The molecule has 136 valence electrons. The lowest BCUT2D eigenvalue weighted by Crippen LogP contribution is -2.30. The van der Waals surface area contributed by atoms with Gasteiger partial charge in [-0.25, -0.2) is 0 Å². The first kappa shape index (κ1) is 17.3. The monoisotopic (exact) mass is 357 g/mol. The van der Waals surface area contributed by atoms with Crippen molar-refractivity contribution >= 4 is 27.7 Å². The quantitative estimate of drug-likeness (QED) is 0.540. The van der Waals surface area contributed by atoms with E-state index in [-0.39, 0.29) is 11.9 Å². The number of rotatable bonds is 4. The summed E-state index contributed by atoms with van der Waals surface area (Å²) in [5, 5.41) is 2.42. The molecule has 0 aliphatic heterocycles. The van der Waals surface area contributed by atoms with Crippen molar-refractivity contribution in [3.05, 3.63) is 78.1 Å². The molecule has 0 fully saturated rings. The highest BCUT2D eigenvalue weighted by Crippen LogP contribution is 2.29. The minimum absolute atomic E-state index is 0.0155. The van der Waals surface area contributed by atoms with Crippen LogP contribution in [0.1, 0.15) is 24.1 Å². The molecular formula is C23H23N3O. The Balaban J connectivity index is 1.61. The van der Waals surface area contributed by atoms with E-state index < -0.39 is 0 Å². The topological polar surface area (TPSA) is 38.1 Å². The normalized spacial score (nSPS) is 12.4. The number of hydrogen-bond donors (Lipinski definition) is 0. The lowest BCUT2D eigenvalue weighted by atomic mass is 10.0. The summed E-state index contributed by atoms with van der Waals surface area (Å²) in [6, 6.07) is 18.6. The summed E-state index contributed by atoms with van der Waals surface area (Å²) in [5.74, 6) is 0.110. The molecule has 0 N–H and O–H groups in total. The van der Waals surface area contributed by atoms with E-state index in [2.05, 4.69) is 59.1 Å². The summed E-state index contributed by atoms with van der Waals surface area (Å²) in [6.45, 7) is 2.04. The van der Waals surface area contributed by atoms with Gasteiger partial charge in [0.05, 0.1) is 12.5 Å². The van der Waals surface area contributed by atoms with Crippen molar-refractivity contribution in [3.63, 3.8) is 0 Å². The average molecular weight is 357 g/mol. The van der Waals surface area contributed by atoms with Gasteiger partial charge in [-0.1, -0.05) is 24.3 Å². The van der Waals surface area contributed by atoms with Crippen molar-refractivity contribution in [1.29, 1.82) is 0 Å². The second-order valence-electron chi connectivity index (χ2n) is 7.07. The van der Waals surface area contributed by atoms with E-state index in [0.29, 0.717) is 6.42 Å². The van der Waals surface area contributed by atoms with Gasteiger partial charge in [0, 0.05) is 48.3 Å². The highest BCUT2D eigenvalue weighted by atomic mass is 16.2. The van der Waals surface area contributed by atoms with Crippen LogP contribution >= 0.6 is 0 Å². The summed E-state index contributed by atoms with van der Waals surface area (Å²) in [4.78, 5) is 18.7. The van der Waals surface area contributed by atoms with Crippen LogP contribution in [0.5, 0.6) is 0 Å². The van der Waals surface area contributed by atoms with Gasteiger partial charge in [-0.2, -0.15) is 0 Å². The van der Waals surface area contributed by atoms with E-state index in [1.807, 2.05) is 31.0 Å². The van der Waals surface area contributed by atoms with E-state index >= 15 is 0 Å². The molecule has 2 aromatic carbocycles. The van der Waals surface area contributed by atoms with Crippen LogP contribution < -0.4 is 0 Å². The van der Waals surface area contributed by atoms with Gasteiger partial charge in [0.15, 0.2) is 0 Å². The number of benzene rings is 2. The predicted molar refractivity (Wildman–Crippen MR) is 110 cm³/mol. The zero-order valence-corrected chi connectivity index (χ0v) is 15.9. The third-order valence-corrected chi connectivity index (χ3v) is 5.50. The van der Waals surface area contributed by atoms with Crippen LogP contribution in [-0.4, -0.2) is 27.4 Å². The van der Waals surface area contributed by atoms with Crippen molar-refractivity contribution < 1.29 is 4.79 Å². The molecule has 27 heavy (non-hydrogen) atoms. The summed E-state index contributed by atoms with van der Waals surface area (Å²) in [5.41, 5.74) is 4.52. The Morgan fingerprint density at radius 1 is 1.04 bits per heavy atom. The highest BCUT2D eigenvalue weighted by molar-refractivity contribution is 6.08. The molecule has 0 unspecified atom stereocenters. The van der Waals surface area contributed by atoms with Gasteiger partial charge in [0.1, 0.15) is 0 Å². The summed E-state index contributed by atoms with van der Waals surface area (Å²) < 4.78 is 2.20. The van der Waals surface area contributed by atoms with Crippen molar-refractivity contribution in [3.8, 4) is 0 Å². The van der Waals surface area contributed by atoms with Gasteiger partial charge in [0.2, 0.25) is 5.91 Å². The largest absolute Gasteiger partial charge is 0.344 e. The smallest absolute Gasteiger partial charge is 0.227 e. The number of carbonyl (C=O) groups excluding carboxylic acids is 1. The molecule has 0 saturated carbocycles. The molecule has 1 atom stereocenters. The van der Waals surface area contributed by atoms with Crippen LogP contribution in [0, 0.1) is 0 Å². The molecule has 4 nitrogen and oxygen atoms in total. The average Bonchev–Trinajstić information content (AvgIpc) is 2.99. The molecule has 0 spiro atoms. The molecule has 2 heterocycles. The first-order valence-corrected chi connectivity index (χ1v) is 9.18. The first-order valence-electron chi connectivity index (χ1n) is 9.18. The molecule has 0 aliphatic carbocycles. The van der Waals surface area contributed by atoms with Crippen LogP contribution in [0.25, 0.3) is 21.8 Å². The summed E-state index contributed by atoms with van der Waals surface area (Å²) in [7, 11) is 3.95. The fraction of sp³-hybridized carbons (Fsp3) is 0.217. The number of aryl methyl sites for hydroxylation is 1. The van der Waals surface area contributed by atoms with Crippen molar-refractivity contribution in [2.24, 2.45) is 7.05 Å². The zero-order valence-electron chi connectivity index (χ0n) is 15.9. The van der Waals surface area contributed by atoms with E-state index in [1.54, 1.807) is 12.4 Å². The molecule has 0 saturated heterocycles. The van der Waals surface area contributed by atoms with E-state index in [9.17, 15) is 4.79 Å². The number of pyridine rings is 1. The Hall–Kier alpha value is -3.14. The fourth-order valence-electron chi connectivity index (χ4n) is 3.71. The van der Waals surface area contributed by atoms with Crippen LogP contribution in [0.15, 0.2) is 67.0 Å². The SMILES string of the molecule is C[C@@H](c1ccncc1)N(C)C(=O)Cc1ccc2c(c1)c1ccccc1n2C. The van der Waals surface area contributed by atoms with Crippen LogP contribution in [0.3, 0.4) is 0 Å². The lowest BCUT2D eigenvalue weighted by Gasteiger charge is -2.25. The molecule has 2 aromatic heterocycles. The number of hydrogen-bond acceptors (Lipinski definition) is 2. The van der Waals surface area contributed by atoms with Crippen molar-refractivity contribution in [1.82, 2.24) is 14.5 Å². The van der Waals surface area contributed by atoms with Gasteiger partial charge in [0.25, 0.3) is 0 Å². The standard InChI is InChI=1S/C23H23N3O/c1-16(18-10-12-24-13-11-18)25(2)23(27)15-17-8-9-22-20(14-17)19-6-4-5-7-21(19)26(22)3/h4-14,16H,15H2,1-3H3/t16-/m0/s1. The maximum absolute atomic E-state index is 12.8. The maximum atomic E-state index is 12.8. The number of aromatic nitrogens is 2. The number of carbonyl (C=O) groups is 1. The van der Waals surface area contributed by atoms with Gasteiger partial charge in [-0.15, -0.1) is 0 Å². The number of amides is 1. The lowest BCUT2D eigenvalue weighted by molar-refractivity contribution is -0.131. The summed E-state index contributed by atoms with van der Waals surface area (Å²) >= 11 is 0. The van der Waals surface area contributed by atoms with E-state index in [4.69, 9.17) is 0 Å². The Labute approximate surface area is 159 Å². The number of fused-ring (bicyclic) bond motifs is 3. The molecule has 1 amide bonds. The Morgan fingerprint density at radius 3 is 2.52 bits per heavy atom. The second-order valence-corrected chi connectivity index (χ2v) is 7.07. The van der Waals surface area contributed by atoms with Crippen LogP contribution in [0.4, 0.5) is 0 Å². The Kier molecular flexibility index (Phi) is 4.40. The number of para-hydroxylation sites is 1. The fourth-order valence-corrected chi connectivity index (χ4v) is 3.71. The zero-order chi connectivity index (χ0) is 19.0. The number of likely N-dealkylation sites (N-methyl/N-ethyl adjacent to an activating group) is 1. The molecule has 0 aliphatic rings. The number of nitrogens with zero attached hydrogens (tertiary/aromatic N) is 3. The first-order chi connectivity index (χ1) is 13.1. The highest BCUT2D eigenvalue weighted by Gasteiger charge is 2.18. The van der Waals surface area contributed by atoms with Crippen LogP contribution in [0.2, 0.25) is 0 Å². The summed E-state index contributed by atoms with van der Waals surface area (Å²) in [6.07, 6.45) is 3.92. The van der Waals surface area contributed by atoms with Gasteiger partial charge < -0.3 is 9.47 Å². The van der Waals surface area contributed by atoms with Gasteiger partial charge >= 0.3 is 0 Å². The molecule has 4 heteroatoms. The third kappa shape index (κ3) is 3.08. The van der Waals surface area contributed by atoms with E-state index in [1.165, 1.54) is 21.8 Å². The molecule has 0 radical (unpaired) electrons. The van der Waals surface area contributed by atoms with Crippen molar-refractivity contribution in [2.45, 2.75) is 19.4 Å². The molecule has 4 rings (SSSR count). The predicted octanol–water partition coefficient (Wildman–Crippen LogP) is 4.49. The molecular weight excluding hydrogens is 334 g/mol.